The number of thiophene rings is 1. The molecule has 0 aliphatic rings. The minimum absolute atomic E-state index is 0.0149. The van der Waals surface area contributed by atoms with Crippen LogP contribution in [0.2, 0.25) is 5.02 Å². The molecule has 0 aromatic carbocycles. The standard InChI is InChI=1S/C16H17ClF3N3O3S2/c1-3-23(4-2)28(25,26)14-6-5-13(27-14)11(9-22-24)15-12(17)7-10(8-21-15)16(18,19)20/h5-9,11,24H,3-4H2,1-2H3/b22-9+. The summed E-state index contributed by atoms with van der Waals surface area (Å²) in [6, 6.07) is 3.61. The van der Waals surface area contributed by atoms with Crippen LogP contribution < -0.4 is 0 Å². The lowest BCUT2D eigenvalue weighted by Gasteiger charge is -2.17. The minimum Gasteiger partial charge on any atom is -0.411 e. The Morgan fingerprint density at radius 2 is 2.00 bits per heavy atom. The molecule has 1 atom stereocenters. The second-order valence-electron chi connectivity index (χ2n) is 5.58. The molecule has 2 rings (SSSR count). The first-order valence-corrected chi connectivity index (χ1v) is 10.7. The van der Waals surface area contributed by atoms with Crippen molar-refractivity contribution < 1.29 is 26.8 Å². The molecule has 0 saturated carbocycles. The molecule has 1 unspecified atom stereocenters. The highest BCUT2D eigenvalue weighted by Gasteiger charge is 2.33. The number of oxime groups is 1. The monoisotopic (exact) mass is 455 g/mol. The number of halogens is 4. The molecule has 0 spiro atoms. The minimum atomic E-state index is -4.61. The summed E-state index contributed by atoms with van der Waals surface area (Å²) in [5.41, 5.74) is -1.00. The van der Waals surface area contributed by atoms with E-state index in [4.69, 9.17) is 16.8 Å². The predicted molar refractivity (Wildman–Crippen MR) is 101 cm³/mol. The molecule has 0 fully saturated rings. The third kappa shape index (κ3) is 4.65. The first kappa shape index (κ1) is 22.6. The molecule has 0 aliphatic carbocycles. The van der Waals surface area contributed by atoms with Crippen LogP contribution in [0.1, 0.15) is 35.9 Å². The van der Waals surface area contributed by atoms with E-state index in [0.717, 1.165) is 23.6 Å². The average molecular weight is 456 g/mol. The number of alkyl halides is 3. The van der Waals surface area contributed by atoms with E-state index in [2.05, 4.69) is 10.1 Å². The highest BCUT2D eigenvalue weighted by molar-refractivity contribution is 7.91. The second kappa shape index (κ2) is 8.76. The Balaban J connectivity index is 2.48. The average Bonchev–Trinajstić information content (AvgIpc) is 3.10. The maximum atomic E-state index is 12.8. The normalized spacial score (nSPS) is 14.1. The number of nitrogens with zero attached hydrogens (tertiary/aromatic N) is 3. The highest BCUT2D eigenvalue weighted by atomic mass is 35.5. The molecule has 2 aromatic rings. The molecule has 12 heteroatoms. The van der Waals surface area contributed by atoms with Crippen LogP contribution >= 0.6 is 22.9 Å². The van der Waals surface area contributed by atoms with E-state index in [-0.39, 0.29) is 14.9 Å². The van der Waals surface area contributed by atoms with Gasteiger partial charge in [0.15, 0.2) is 0 Å². The van der Waals surface area contributed by atoms with Gasteiger partial charge >= 0.3 is 6.18 Å². The number of rotatable bonds is 7. The van der Waals surface area contributed by atoms with E-state index in [1.54, 1.807) is 13.8 Å². The summed E-state index contributed by atoms with van der Waals surface area (Å²) in [5.74, 6) is -0.912. The van der Waals surface area contributed by atoms with Gasteiger partial charge in [-0.25, -0.2) is 8.42 Å². The van der Waals surface area contributed by atoms with E-state index in [9.17, 15) is 21.6 Å². The fourth-order valence-electron chi connectivity index (χ4n) is 2.51. The maximum absolute atomic E-state index is 12.8. The van der Waals surface area contributed by atoms with Gasteiger partial charge in [0.25, 0.3) is 10.0 Å². The van der Waals surface area contributed by atoms with Crippen molar-refractivity contribution >= 4 is 39.2 Å². The summed E-state index contributed by atoms with van der Waals surface area (Å²) >= 11 is 6.89. The van der Waals surface area contributed by atoms with Gasteiger partial charge in [-0.3, -0.25) is 4.98 Å². The van der Waals surface area contributed by atoms with Crippen LogP contribution in [-0.4, -0.2) is 42.2 Å². The Morgan fingerprint density at radius 1 is 1.36 bits per heavy atom. The van der Waals surface area contributed by atoms with Crippen molar-refractivity contribution in [1.82, 2.24) is 9.29 Å². The Morgan fingerprint density at radius 3 is 2.50 bits per heavy atom. The quantitative estimate of drug-likeness (QED) is 0.380. The number of aromatic nitrogens is 1. The van der Waals surface area contributed by atoms with Gasteiger partial charge in [0.2, 0.25) is 0 Å². The first-order valence-electron chi connectivity index (χ1n) is 8.06. The summed E-state index contributed by atoms with van der Waals surface area (Å²) in [5, 5.41) is 11.6. The summed E-state index contributed by atoms with van der Waals surface area (Å²) in [6.45, 7) is 4.01. The molecule has 0 amide bonds. The lowest BCUT2D eigenvalue weighted by atomic mass is 10.0. The third-order valence-electron chi connectivity index (χ3n) is 3.92. The van der Waals surface area contributed by atoms with E-state index in [1.807, 2.05) is 0 Å². The Labute approximate surface area is 169 Å². The number of pyridine rings is 1. The fraction of sp³-hybridized carbons (Fsp3) is 0.375. The molecule has 6 nitrogen and oxygen atoms in total. The summed E-state index contributed by atoms with van der Waals surface area (Å²) in [6.07, 6.45) is -2.95. The maximum Gasteiger partial charge on any atom is 0.417 e. The SMILES string of the molecule is CCN(CC)S(=O)(=O)c1ccc(C(/C=N/O)c2ncc(C(F)(F)F)cc2Cl)s1. The van der Waals surface area contributed by atoms with E-state index in [1.165, 1.54) is 16.4 Å². The van der Waals surface area contributed by atoms with E-state index >= 15 is 0 Å². The van der Waals surface area contributed by atoms with E-state index < -0.39 is 27.7 Å². The summed E-state index contributed by atoms with van der Waals surface area (Å²) in [7, 11) is -3.70. The molecule has 2 aromatic heterocycles. The van der Waals surface area contributed by atoms with Crippen LogP contribution in [0.4, 0.5) is 13.2 Å². The van der Waals surface area contributed by atoms with Gasteiger partial charge in [-0.2, -0.15) is 17.5 Å². The van der Waals surface area contributed by atoms with Gasteiger partial charge < -0.3 is 5.21 Å². The molecule has 0 radical (unpaired) electrons. The van der Waals surface area contributed by atoms with E-state index in [0.29, 0.717) is 24.2 Å². The molecule has 154 valence electrons. The number of sulfonamides is 1. The van der Waals surface area contributed by atoms with Crippen LogP contribution in [0.25, 0.3) is 0 Å². The van der Waals surface area contributed by atoms with Crippen LogP contribution in [0.15, 0.2) is 33.8 Å². The number of hydrogen-bond acceptors (Lipinski definition) is 6. The zero-order valence-electron chi connectivity index (χ0n) is 14.8. The lowest BCUT2D eigenvalue weighted by molar-refractivity contribution is -0.137. The smallest absolute Gasteiger partial charge is 0.411 e. The third-order valence-corrected chi connectivity index (χ3v) is 7.90. The van der Waals surface area contributed by atoms with Crippen molar-refractivity contribution in [1.29, 1.82) is 0 Å². The van der Waals surface area contributed by atoms with Gasteiger partial charge in [-0.1, -0.05) is 25.4 Å². The van der Waals surface area contributed by atoms with Crippen LogP contribution in [0.5, 0.6) is 0 Å². The molecule has 1 N–H and O–H groups in total. The van der Waals surface area contributed by atoms with Crippen molar-refractivity contribution in [2.24, 2.45) is 5.16 Å². The zero-order valence-corrected chi connectivity index (χ0v) is 17.2. The molecule has 28 heavy (non-hydrogen) atoms. The molecule has 0 aliphatic heterocycles. The van der Waals surface area contributed by atoms with Crippen LogP contribution in [-0.2, 0) is 16.2 Å². The van der Waals surface area contributed by atoms with Crippen molar-refractivity contribution in [3.8, 4) is 0 Å². The first-order chi connectivity index (χ1) is 13.1. The second-order valence-corrected chi connectivity index (χ2v) is 9.26. The van der Waals surface area contributed by atoms with Crippen LogP contribution in [0, 0.1) is 0 Å². The molecule has 0 saturated heterocycles. The Kier molecular flexibility index (Phi) is 7.07. The summed E-state index contributed by atoms with van der Waals surface area (Å²) in [4.78, 5) is 4.17. The van der Waals surface area contributed by atoms with Crippen molar-refractivity contribution in [2.75, 3.05) is 13.1 Å². The molecular formula is C16H17ClF3N3O3S2. The Bertz CT molecular complexity index is 958. The van der Waals surface area contributed by atoms with Gasteiger partial charge in [0.05, 0.1) is 28.4 Å². The van der Waals surface area contributed by atoms with Crippen molar-refractivity contribution in [3.63, 3.8) is 0 Å². The Hall–Kier alpha value is -1.69. The molecule has 0 bridgehead atoms. The van der Waals surface area contributed by atoms with Crippen molar-refractivity contribution in [2.45, 2.75) is 30.2 Å². The fourth-order valence-corrected chi connectivity index (χ4v) is 5.80. The molecule has 2 heterocycles. The van der Waals surface area contributed by atoms with Gasteiger partial charge in [0.1, 0.15) is 4.21 Å². The van der Waals surface area contributed by atoms with Gasteiger partial charge in [-0.15, -0.1) is 16.5 Å². The largest absolute Gasteiger partial charge is 0.417 e. The van der Waals surface area contributed by atoms with Gasteiger partial charge in [0, 0.05) is 24.2 Å². The zero-order chi connectivity index (χ0) is 21.1. The predicted octanol–water partition coefficient (Wildman–Crippen LogP) is 4.44. The topological polar surface area (TPSA) is 82.9 Å². The highest BCUT2D eigenvalue weighted by Crippen LogP contribution is 2.37. The van der Waals surface area contributed by atoms with Crippen molar-refractivity contribution in [3.05, 3.63) is 45.6 Å². The molecular weight excluding hydrogens is 439 g/mol. The van der Waals surface area contributed by atoms with Crippen LogP contribution in [0.3, 0.4) is 0 Å². The lowest BCUT2D eigenvalue weighted by Crippen LogP contribution is -2.29. The number of hydrogen-bond donors (Lipinski definition) is 1. The summed E-state index contributed by atoms with van der Waals surface area (Å²) < 4.78 is 65.1. The van der Waals surface area contributed by atoms with Gasteiger partial charge in [-0.05, 0) is 18.2 Å².